The number of nitrogens with zero attached hydrogens (tertiary/aromatic N) is 3. The van der Waals surface area contributed by atoms with Gasteiger partial charge in [0.05, 0.1) is 9.50 Å². The molecule has 1 aliphatic rings. The van der Waals surface area contributed by atoms with Crippen molar-refractivity contribution in [3.8, 4) is 0 Å². The largest absolute Gasteiger partial charge is 0.444 e. The second-order valence-corrected chi connectivity index (χ2v) is 9.12. The predicted molar refractivity (Wildman–Crippen MR) is 106 cm³/mol. The molecule has 1 aliphatic heterocycles. The summed E-state index contributed by atoms with van der Waals surface area (Å²) in [4.78, 5) is 19.7. The van der Waals surface area contributed by atoms with Crippen LogP contribution in [0, 0.1) is 0 Å². The Morgan fingerprint density at radius 2 is 2.00 bits per heavy atom. The van der Waals surface area contributed by atoms with Crippen molar-refractivity contribution < 1.29 is 27.1 Å². The fraction of sp³-hybridized carbons (Fsp3) is 0.556. The lowest BCUT2D eigenvalue weighted by Gasteiger charge is -2.39. The molecular weight excluding hydrogens is 479 g/mol. The van der Waals surface area contributed by atoms with Crippen molar-refractivity contribution >= 4 is 50.7 Å². The van der Waals surface area contributed by atoms with E-state index in [0.717, 1.165) is 6.07 Å². The Morgan fingerprint density at radius 1 is 1.34 bits per heavy atom. The molecule has 0 bridgehead atoms. The maximum atomic E-state index is 13.5. The molecule has 0 unspecified atom stereocenters. The van der Waals surface area contributed by atoms with E-state index in [1.807, 2.05) is 6.92 Å². The Bertz CT molecular complexity index is 942. The van der Waals surface area contributed by atoms with Crippen molar-refractivity contribution in [3.05, 3.63) is 21.1 Å². The molecule has 1 atom stereocenters. The summed E-state index contributed by atoms with van der Waals surface area (Å²) in [5, 5.41) is -0.459. The quantitative estimate of drug-likeness (QED) is 0.504. The Labute approximate surface area is 179 Å². The fourth-order valence-corrected chi connectivity index (χ4v) is 4.06. The second kappa shape index (κ2) is 7.54. The van der Waals surface area contributed by atoms with Gasteiger partial charge in [0.1, 0.15) is 16.7 Å². The number of benzene rings is 1. The Hall–Kier alpha value is -1.68. The van der Waals surface area contributed by atoms with Gasteiger partial charge in [-0.05, 0) is 49.7 Å². The van der Waals surface area contributed by atoms with Crippen molar-refractivity contribution in [2.75, 3.05) is 24.5 Å². The van der Waals surface area contributed by atoms with Gasteiger partial charge in [0.2, 0.25) is 0 Å². The summed E-state index contributed by atoms with van der Waals surface area (Å²) in [6, 6.07) is 0.948. The fourth-order valence-electron chi connectivity index (χ4n) is 3.13. The van der Waals surface area contributed by atoms with Crippen LogP contribution in [0.5, 0.6) is 0 Å². The molecule has 3 rings (SSSR count). The number of piperazine rings is 1. The van der Waals surface area contributed by atoms with E-state index in [1.165, 1.54) is 0 Å². The highest BCUT2D eigenvalue weighted by Crippen LogP contribution is 2.43. The highest BCUT2D eigenvalue weighted by molar-refractivity contribution is 9.10. The molecule has 2 aromatic rings. The van der Waals surface area contributed by atoms with Gasteiger partial charge in [0, 0.05) is 25.7 Å². The summed E-state index contributed by atoms with van der Waals surface area (Å²) in [6.45, 7) is 8.16. The summed E-state index contributed by atoms with van der Waals surface area (Å²) in [5.74, 6) is 0. The number of carbonyl (C=O) groups excluding carboxylic acids is 1. The number of alkyl halides is 3. The zero-order chi connectivity index (χ0) is 21.7. The number of amides is 1. The summed E-state index contributed by atoms with van der Waals surface area (Å²) in [5.41, 5.74) is -2.03. The first-order valence-corrected chi connectivity index (χ1v) is 10.1. The normalized spacial score (nSPS) is 18.4. The topological polar surface area (TPSA) is 58.8 Å². The highest BCUT2D eigenvalue weighted by atomic mass is 79.9. The number of oxazole rings is 1. The Morgan fingerprint density at radius 3 is 2.55 bits per heavy atom. The van der Waals surface area contributed by atoms with E-state index in [2.05, 4.69) is 20.9 Å². The van der Waals surface area contributed by atoms with Gasteiger partial charge in [-0.3, -0.25) is 0 Å². The van der Waals surface area contributed by atoms with E-state index in [1.54, 1.807) is 30.6 Å². The zero-order valence-corrected chi connectivity index (χ0v) is 18.6. The van der Waals surface area contributed by atoms with E-state index in [0.29, 0.717) is 19.6 Å². The minimum Gasteiger partial charge on any atom is -0.444 e. The van der Waals surface area contributed by atoms with Crippen molar-refractivity contribution in [2.45, 2.75) is 45.5 Å². The number of rotatable bonds is 1. The number of fused-ring (bicyclic) bond motifs is 1. The van der Waals surface area contributed by atoms with E-state index in [4.69, 9.17) is 20.8 Å². The number of anilines is 1. The standard InChI is InChI=1S/C18H20BrClF3N3O3/c1-9-8-25(16(27)29-17(2,3)4)5-6-26(9)15-24-13-12(18(21,22)23)11(20)7-10(19)14(13)28-15/h7,9H,5-6,8H2,1-4H3/t9-/m0/s1. The minimum absolute atomic E-state index is 0.0292. The Kier molecular flexibility index (Phi) is 5.72. The van der Waals surface area contributed by atoms with Crippen molar-refractivity contribution in [1.29, 1.82) is 0 Å². The van der Waals surface area contributed by atoms with Gasteiger partial charge in [-0.2, -0.15) is 18.2 Å². The summed E-state index contributed by atoms with van der Waals surface area (Å²) in [6.07, 6.45) is -5.11. The second-order valence-electron chi connectivity index (χ2n) is 7.86. The first-order chi connectivity index (χ1) is 13.3. The number of halogens is 5. The lowest BCUT2D eigenvalue weighted by Crippen LogP contribution is -2.54. The van der Waals surface area contributed by atoms with Crippen LogP contribution < -0.4 is 4.90 Å². The molecule has 1 fully saturated rings. The number of hydrogen-bond acceptors (Lipinski definition) is 5. The van der Waals surface area contributed by atoms with E-state index in [-0.39, 0.29) is 27.6 Å². The van der Waals surface area contributed by atoms with Crippen LogP contribution in [0.4, 0.5) is 24.0 Å². The molecule has 0 spiro atoms. The van der Waals surface area contributed by atoms with Crippen molar-refractivity contribution in [2.24, 2.45) is 0 Å². The van der Waals surface area contributed by atoms with Crippen LogP contribution in [0.2, 0.25) is 5.02 Å². The van der Waals surface area contributed by atoms with Gasteiger partial charge >= 0.3 is 12.3 Å². The van der Waals surface area contributed by atoms with Crippen LogP contribution in [0.1, 0.15) is 33.3 Å². The zero-order valence-electron chi connectivity index (χ0n) is 16.2. The van der Waals surface area contributed by atoms with Crippen LogP contribution >= 0.6 is 27.5 Å². The third-order valence-electron chi connectivity index (χ3n) is 4.37. The van der Waals surface area contributed by atoms with Gasteiger partial charge < -0.3 is 19.0 Å². The van der Waals surface area contributed by atoms with Gasteiger partial charge in [-0.1, -0.05) is 11.6 Å². The first kappa shape index (κ1) is 22.0. The third-order valence-corrected chi connectivity index (χ3v) is 5.26. The van der Waals surface area contributed by atoms with Gasteiger partial charge in [-0.25, -0.2) is 4.79 Å². The molecule has 0 aliphatic carbocycles. The Balaban J connectivity index is 1.89. The maximum absolute atomic E-state index is 13.5. The summed E-state index contributed by atoms with van der Waals surface area (Å²) >= 11 is 9.00. The molecule has 2 heterocycles. The molecule has 6 nitrogen and oxygen atoms in total. The lowest BCUT2D eigenvalue weighted by atomic mass is 10.2. The van der Waals surface area contributed by atoms with Crippen molar-refractivity contribution in [1.82, 2.24) is 9.88 Å². The van der Waals surface area contributed by atoms with Crippen LogP contribution in [0.3, 0.4) is 0 Å². The molecule has 0 saturated carbocycles. The molecule has 11 heteroatoms. The first-order valence-electron chi connectivity index (χ1n) is 8.88. The number of aromatic nitrogens is 1. The van der Waals surface area contributed by atoms with Gasteiger partial charge in [-0.15, -0.1) is 0 Å². The van der Waals surface area contributed by atoms with Crippen LogP contribution in [0.15, 0.2) is 15.0 Å². The molecular formula is C18H20BrClF3N3O3. The maximum Gasteiger partial charge on any atom is 0.420 e. The van der Waals surface area contributed by atoms with E-state index >= 15 is 0 Å². The molecule has 0 radical (unpaired) electrons. The molecule has 0 N–H and O–H groups in total. The molecule has 160 valence electrons. The SMILES string of the molecule is C[C@H]1CN(C(=O)OC(C)(C)C)CCN1c1nc2c(C(F)(F)F)c(Cl)cc(Br)c2o1. The molecule has 1 aromatic heterocycles. The lowest BCUT2D eigenvalue weighted by molar-refractivity contribution is -0.136. The third kappa shape index (κ3) is 4.58. The molecule has 1 saturated heterocycles. The van der Waals surface area contributed by atoms with E-state index in [9.17, 15) is 18.0 Å². The highest BCUT2D eigenvalue weighted by Gasteiger charge is 2.39. The molecule has 1 amide bonds. The van der Waals surface area contributed by atoms with Crippen LogP contribution in [-0.2, 0) is 10.9 Å². The average Bonchev–Trinajstić information content (AvgIpc) is 2.96. The monoisotopic (exact) mass is 497 g/mol. The predicted octanol–water partition coefficient (Wildman–Crippen LogP) is 5.71. The van der Waals surface area contributed by atoms with Crippen molar-refractivity contribution in [3.63, 3.8) is 0 Å². The van der Waals surface area contributed by atoms with E-state index < -0.39 is 28.5 Å². The van der Waals surface area contributed by atoms with Crippen LogP contribution in [0.25, 0.3) is 11.1 Å². The van der Waals surface area contributed by atoms with Crippen LogP contribution in [-0.4, -0.2) is 47.3 Å². The van der Waals surface area contributed by atoms with Gasteiger partial charge in [0.15, 0.2) is 5.58 Å². The molecule has 29 heavy (non-hydrogen) atoms. The van der Waals surface area contributed by atoms with Gasteiger partial charge in [0.25, 0.3) is 6.01 Å². The number of carbonyl (C=O) groups is 1. The summed E-state index contributed by atoms with van der Waals surface area (Å²) < 4.78 is 51.7. The average molecular weight is 499 g/mol. The molecule has 1 aromatic carbocycles. The number of hydrogen-bond donors (Lipinski definition) is 0. The minimum atomic E-state index is -4.68. The smallest absolute Gasteiger partial charge is 0.420 e. The number of ether oxygens (including phenoxy) is 1. The summed E-state index contributed by atoms with van der Waals surface area (Å²) in [7, 11) is 0.